The van der Waals surface area contributed by atoms with Gasteiger partial charge in [0.05, 0.1) is 7.11 Å². The number of fused-ring (bicyclic) bond motifs is 3. The van der Waals surface area contributed by atoms with Crippen LogP contribution in [0, 0.1) is 11.8 Å². The molecule has 8 heteroatoms. The topological polar surface area (TPSA) is 74.3 Å². The van der Waals surface area contributed by atoms with Crippen molar-refractivity contribution >= 4 is 22.8 Å². The molecule has 0 fully saturated rings. The molecule has 1 aliphatic heterocycles. The lowest BCUT2D eigenvalue weighted by Gasteiger charge is -2.33. The van der Waals surface area contributed by atoms with Gasteiger partial charge in [0, 0.05) is 32.4 Å². The molecule has 4 rings (SSSR count). The monoisotopic (exact) mass is 397 g/mol. The number of hydrogen-bond donors (Lipinski definition) is 0. The van der Waals surface area contributed by atoms with Crippen LogP contribution in [0.5, 0.6) is 5.75 Å². The third kappa shape index (κ3) is 3.12. The highest BCUT2D eigenvalue weighted by molar-refractivity contribution is 5.77. The standard InChI is InChI=1S/C21H27N5O3/c1-13(2)10-26-19(27)17-18(23(4)21(26)28)22-20-24(11-14(3)12-25(17)20)15-6-8-16(29-5)9-7-15/h6-9,13-14H,10-12H2,1-5H3. The Kier molecular flexibility index (Phi) is 4.72. The van der Waals surface area contributed by atoms with Crippen molar-refractivity contribution in [1.82, 2.24) is 18.7 Å². The fourth-order valence-corrected chi connectivity index (χ4v) is 4.01. The summed E-state index contributed by atoms with van der Waals surface area (Å²) in [4.78, 5) is 32.9. The predicted octanol–water partition coefficient (Wildman–Crippen LogP) is 2.35. The minimum Gasteiger partial charge on any atom is -0.497 e. The molecule has 0 saturated heterocycles. The lowest BCUT2D eigenvalue weighted by molar-refractivity contribution is 0.414. The van der Waals surface area contributed by atoms with Gasteiger partial charge in [-0.25, -0.2) is 4.79 Å². The second kappa shape index (κ2) is 7.09. The summed E-state index contributed by atoms with van der Waals surface area (Å²) < 4.78 is 10.0. The predicted molar refractivity (Wildman–Crippen MR) is 113 cm³/mol. The van der Waals surface area contributed by atoms with E-state index in [2.05, 4.69) is 11.8 Å². The smallest absolute Gasteiger partial charge is 0.332 e. The average Bonchev–Trinajstić information content (AvgIpc) is 3.08. The van der Waals surface area contributed by atoms with E-state index in [1.54, 1.807) is 14.2 Å². The number of aromatic nitrogens is 4. The maximum atomic E-state index is 13.3. The summed E-state index contributed by atoms with van der Waals surface area (Å²) in [5, 5.41) is 0. The molecular formula is C21H27N5O3. The van der Waals surface area contributed by atoms with E-state index in [9.17, 15) is 9.59 Å². The molecule has 2 aromatic heterocycles. The molecule has 29 heavy (non-hydrogen) atoms. The van der Waals surface area contributed by atoms with Crippen molar-refractivity contribution in [3.63, 3.8) is 0 Å². The molecule has 1 aliphatic rings. The van der Waals surface area contributed by atoms with E-state index in [1.165, 1.54) is 9.13 Å². The van der Waals surface area contributed by atoms with Crippen LogP contribution in [-0.4, -0.2) is 32.3 Å². The van der Waals surface area contributed by atoms with Crippen molar-refractivity contribution in [2.75, 3.05) is 18.6 Å². The van der Waals surface area contributed by atoms with Crippen LogP contribution in [0.25, 0.3) is 11.2 Å². The molecule has 8 nitrogen and oxygen atoms in total. The highest BCUT2D eigenvalue weighted by Gasteiger charge is 2.29. The van der Waals surface area contributed by atoms with Crippen LogP contribution < -0.4 is 20.9 Å². The van der Waals surface area contributed by atoms with Crippen LogP contribution in [0.15, 0.2) is 33.9 Å². The zero-order valence-electron chi connectivity index (χ0n) is 17.5. The zero-order chi connectivity index (χ0) is 20.9. The van der Waals surface area contributed by atoms with Crippen molar-refractivity contribution in [3.05, 3.63) is 45.1 Å². The van der Waals surface area contributed by atoms with Gasteiger partial charge in [-0.1, -0.05) is 20.8 Å². The second-order valence-electron chi connectivity index (χ2n) is 8.26. The van der Waals surface area contributed by atoms with Crippen molar-refractivity contribution in [3.8, 4) is 5.75 Å². The number of imidazole rings is 1. The Labute approximate surface area is 169 Å². The third-order valence-corrected chi connectivity index (χ3v) is 5.37. The second-order valence-corrected chi connectivity index (χ2v) is 8.26. The average molecular weight is 397 g/mol. The Morgan fingerprint density at radius 3 is 2.48 bits per heavy atom. The van der Waals surface area contributed by atoms with Gasteiger partial charge in [0.15, 0.2) is 11.2 Å². The van der Waals surface area contributed by atoms with Gasteiger partial charge in [-0.3, -0.25) is 13.9 Å². The Bertz CT molecular complexity index is 1170. The van der Waals surface area contributed by atoms with E-state index in [0.29, 0.717) is 36.1 Å². The largest absolute Gasteiger partial charge is 0.497 e. The summed E-state index contributed by atoms with van der Waals surface area (Å²) in [6.07, 6.45) is 0. The van der Waals surface area contributed by atoms with Crippen molar-refractivity contribution in [2.24, 2.45) is 18.9 Å². The summed E-state index contributed by atoms with van der Waals surface area (Å²) in [5.41, 5.74) is 1.31. The van der Waals surface area contributed by atoms with Gasteiger partial charge in [-0.05, 0) is 36.1 Å². The van der Waals surface area contributed by atoms with E-state index in [1.807, 2.05) is 42.7 Å². The first-order valence-electron chi connectivity index (χ1n) is 9.93. The van der Waals surface area contributed by atoms with Gasteiger partial charge < -0.3 is 14.2 Å². The van der Waals surface area contributed by atoms with Crippen LogP contribution in [-0.2, 0) is 20.1 Å². The van der Waals surface area contributed by atoms with Gasteiger partial charge in [0.2, 0.25) is 5.95 Å². The molecule has 0 saturated carbocycles. The SMILES string of the molecule is COc1ccc(N2CC(C)Cn3c2nc2c3c(=O)n(CC(C)C)c(=O)n2C)cc1. The minimum absolute atomic E-state index is 0.191. The van der Waals surface area contributed by atoms with Gasteiger partial charge in [0.25, 0.3) is 5.56 Å². The lowest BCUT2D eigenvalue weighted by Crippen LogP contribution is -2.41. The quantitative estimate of drug-likeness (QED) is 0.676. The summed E-state index contributed by atoms with van der Waals surface area (Å²) >= 11 is 0. The van der Waals surface area contributed by atoms with Crippen LogP contribution in [0.1, 0.15) is 20.8 Å². The van der Waals surface area contributed by atoms with Gasteiger partial charge in [0.1, 0.15) is 5.75 Å². The van der Waals surface area contributed by atoms with E-state index >= 15 is 0 Å². The Hall–Kier alpha value is -3.03. The molecule has 1 atom stereocenters. The molecule has 0 aliphatic carbocycles. The number of aryl methyl sites for hydroxylation is 1. The van der Waals surface area contributed by atoms with Crippen LogP contribution in [0.3, 0.4) is 0 Å². The number of nitrogens with zero attached hydrogens (tertiary/aromatic N) is 5. The Morgan fingerprint density at radius 2 is 1.86 bits per heavy atom. The molecule has 3 heterocycles. The van der Waals surface area contributed by atoms with Crippen molar-refractivity contribution < 1.29 is 4.74 Å². The third-order valence-electron chi connectivity index (χ3n) is 5.37. The molecule has 0 bridgehead atoms. The molecular weight excluding hydrogens is 370 g/mol. The van der Waals surface area contributed by atoms with Crippen LogP contribution in [0.4, 0.5) is 11.6 Å². The molecule has 0 spiro atoms. The minimum atomic E-state index is -0.323. The zero-order valence-corrected chi connectivity index (χ0v) is 17.5. The van der Waals surface area contributed by atoms with E-state index in [-0.39, 0.29) is 17.2 Å². The fraction of sp³-hybridized carbons (Fsp3) is 0.476. The number of anilines is 2. The number of benzene rings is 1. The van der Waals surface area contributed by atoms with Crippen molar-refractivity contribution in [2.45, 2.75) is 33.9 Å². The first-order chi connectivity index (χ1) is 13.8. The lowest BCUT2D eigenvalue weighted by atomic mass is 10.1. The van der Waals surface area contributed by atoms with E-state index < -0.39 is 0 Å². The number of methoxy groups -OCH3 is 1. The maximum absolute atomic E-state index is 13.3. The molecule has 0 N–H and O–H groups in total. The molecule has 1 unspecified atom stereocenters. The van der Waals surface area contributed by atoms with Gasteiger partial charge in [-0.2, -0.15) is 4.98 Å². The number of rotatable bonds is 4. The summed E-state index contributed by atoms with van der Waals surface area (Å²) in [6, 6.07) is 7.78. The number of hydrogen-bond acceptors (Lipinski definition) is 5. The van der Waals surface area contributed by atoms with E-state index in [0.717, 1.165) is 18.0 Å². The molecule has 0 radical (unpaired) electrons. The van der Waals surface area contributed by atoms with E-state index in [4.69, 9.17) is 9.72 Å². The van der Waals surface area contributed by atoms with Crippen molar-refractivity contribution in [1.29, 1.82) is 0 Å². The first kappa shape index (κ1) is 19.3. The fourth-order valence-electron chi connectivity index (χ4n) is 4.01. The molecule has 1 aromatic carbocycles. The molecule has 3 aromatic rings. The summed E-state index contributed by atoms with van der Waals surface area (Å²) in [5.74, 6) is 1.98. The first-order valence-corrected chi connectivity index (χ1v) is 9.93. The summed E-state index contributed by atoms with van der Waals surface area (Å²) in [6.45, 7) is 8.00. The Balaban J connectivity index is 1.95. The Morgan fingerprint density at radius 1 is 1.17 bits per heavy atom. The van der Waals surface area contributed by atoms with Gasteiger partial charge in [-0.15, -0.1) is 0 Å². The van der Waals surface area contributed by atoms with Gasteiger partial charge >= 0.3 is 5.69 Å². The highest BCUT2D eigenvalue weighted by atomic mass is 16.5. The van der Waals surface area contributed by atoms with Crippen LogP contribution in [0.2, 0.25) is 0 Å². The summed E-state index contributed by atoms with van der Waals surface area (Å²) in [7, 11) is 3.32. The number of ether oxygens (including phenoxy) is 1. The van der Waals surface area contributed by atoms with Crippen LogP contribution >= 0.6 is 0 Å². The highest BCUT2D eigenvalue weighted by Crippen LogP contribution is 2.33. The maximum Gasteiger partial charge on any atom is 0.332 e. The normalized spacial score (nSPS) is 16.5. The molecule has 0 amide bonds. The molecule has 154 valence electrons.